The fourth-order valence-electron chi connectivity index (χ4n) is 2.57. The molecule has 4 aromatic rings. The van der Waals surface area contributed by atoms with Gasteiger partial charge in [-0.3, -0.25) is 4.79 Å². The smallest absolute Gasteiger partial charge is 0.337 e. The number of thiazole rings is 1. The van der Waals surface area contributed by atoms with Crippen LogP contribution < -0.4 is 5.56 Å². The van der Waals surface area contributed by atoms with Gasteiger partial charge in [0.25, 0.3) is 5.56 Å². The number of thioether (sulfide) groups is 1. The van der Waals surface area contributed by atoms with Crippen LogP contribution in [0.25, 0.3) is 21.1 Å². The molecule has 0 bridgehead atoms. The highest BCUT2D eigenvalue weighted by Crippen LogP contribution is 2.32. The van der Waals surface area contributed by atoms with Crippen LogP contribution in [0.4, 0.5) is 0 Å². The van der Waals surface area contributed by atoms with Crippen molar-refractivity contribution in [3.8, 4) is 0 Å². The molecule has 0 unspecified atom stereocenters. The molecule has 4 rings (SSSR count). The van der Waals surface area contributed by atoms with E-state index in [2.05, 4.69) is 15.0 Å². The number of carbonyl (C=O) groups is 1. The highest BCUT2D eigenvalue weighted by Gasteiger charge is 2.11. The van der Waals surface area contributed by atoms with Gasteiger partial charge in [0, 0.05) is 5.02 Å². The van der Waals surface area contributed by atoms with Gasteiger partial charge in [-0.15, -0.1) is 11.3 Å². The van der Waals surface area contributed by atoms with Gasteiger partial charge in [-0.25, -0.2) is 14.8 Å². The van der Waals surface area contributed by atoms with Gasteiger partial charge >= 0.3 is 5.97 Å². The summed E-state index contributed by atoms with van der Waals surface area (Å²) in [5, 5.41) is 1.07. The lowest BCUT2D eigenvalue weighted by molar-refractivity contribution is 0.0601. The van der Waals surface area contributed by atoms with Crippen molar-refractivity contribution in [2.24, 2.45) is 0 Å². The third kappa shape index (κ3) is 3.69. The van der Waals surface area contributed by atoms with Crippen molar-refractivity contribution in [3.05, 3.63) is 63.2 Å². The number of nitrogens with zero attached hydrogens (tertiary/aromatic N) is 2. The number of aromatic amines is 1. The van der Waals surface area contributed by atoms with Crippen LogP contribution in [0.3, 0.4) is 0 Å². The van der Waals surface area contributed by atoms with Crippen molar-refractivity contribution in [1.82, 2.24) is 15.0 Å². The van der Waals surface area contributed by atoms with Crippen LogP contribution in [0.15, 0.2) is 45.5 Å². The van der Waals surface area contributed by atoms with Crippen LogP contribution in [-0.2, 0) is 10.5 Å². The van der Waals surface area contributed by atoms with Crippen LogP contribution in [0.2, 0.25) is 5.02 Å². The molecule has 6 nitrogen and oxygen atoms in total. The predicted molar refractivity (Wildman–Crippen MR) is 108 cm³/mol. The van der Waals surface area contributed by atoms with Crippen molar-refractivity contribution in [1.29, 1.82) is 0 Å². The molecule has 0 atom stereocenters. The zero-order valence-electron chi connectivity index (χ0n) is 14.0. The zero-order chi connectivity index (χ0) is 19.0. The molecule has 9 heteroatoms. The van der Waals surface area contributed by atoms with Crippen molar-refractivity contribution in [3.63, 3.8) is 0 Å². The molecular formula is C18H12ClN3O3S2. The van der Waals surface area contributed by atoms with E-state index in [1.807, 2.05) is 18.2 Å². The Balaban J connectivity index is 1.62. The van der Waals surface area contributed by atoms with Gasteiger partial charge in [0.05, 0.1) is 39.5 Å². The lowest BCUT2D eigenvalue weighted by Crippen LogP contribution is -2.12. The van der Waals surface area contributed by atoms with Crippen molar-refractivity contribution >= 4 is 61.8 Å². The third-order valence-electron chi connectivity index (χ3n) is 3.84. The molecule has 136 valence electrons. The number of aromatic nitrogens is 3. The van der Waals surface area contributed by atoms with Crippen molar-refractivity contribution in [2.75, 3.05) is 7.11 Å². The van der Waals surface area contributed by atoms with Crippen molar-refractivity contribution in [2.45, 2.75) is 10.1 Å². The second kappa shape index (κ2) is 7.30. The predicted octanol–water partition coefficient (Wildman–Crippen LogP) is 4.27. The molecule has 0 radical (unpaired) electrons. The van der Waals surface area contributed by atoms with Crippen LogP contribution in [0, 0.1) is 0 Å². The topological polar surface area (TPSA) is 84.9 Å². The number of methoxy groups -OCH3 is 1. The molecular weight excluding hydrogens is 406 g/mol. The minimum Gasteiger partial charge on any atom is -0.465 e. The first-order valence-electron chi connectivity index (χ1n) is 7.83. The normalized spacial score (nSPS) is 11.2. The van der Waals surface area contributed by atoms with Crippen LogP contribution in [0.1, 0.15) is 16.2 Å². The number of ether oxygens (including phenoxy) is 1. The molecule has 0 spiro atoms. The fraction of sp³-hybridized carbons (Fsp3) is 0.111. The quantitative estimate of drug-likeness (QED) is 0.394. The van der Waals surface area contributed by atoms with Gasteiger partial charge in [0.2, 0.25) is 0 Å². The van der Waals surface area contributed by atoms with Gasteiger partial charge in [0.15, 0.2) is 4.34 Å². The Kier molecular flexibility index (Phi) is 4.86. The van der Waals surface area contributed by atoms with E-state index in [-0.39, 0.29) is 5.56 Å². The number of benzene rings is 2. The minimum absolute atomic E-state index is 0.247. The zero-order valence-corrected chi connectivity index (χ0v) is 16.4. The number of rotatable bonds is 4. The average Bonchev–Trinajstić information content (AvgIpc) is 3.07. The second-order valence-corrected chi connectivity index (χ2v) is 8.31. The third-order valence-corrected chi connectivity index (χ3v) is 6.26. The van der Waals surface area contributed by atoms with E-state index in [1.54, 1.807) is 29.5 Å². The van der Waals surface area contributed by atoms with Crippen molar-refractivity contribution < 1.29 is 9.53 Å². The number of halogens is 1. The minimum atomic E-state index is -0.469. The first kappa shape index (κ1) is 18.0. The van der Waals surface area contributed by atoms with Crippen LogP contribution in [0.5, 0.6) is 0 Å². The van der Waals surface area contributed by atoms with Gasteiger partial charge in [-0.2, -0.15) is 0 Å². The van der Waals surface area contributed by atoms with Gasteiger partial charge < -0.3 is 9.72 Å². The van der Waals surface area contributed by atoms with E-state index in [9.17, 15) is 9.59 Å². The summed E-state index contributed by atoms with van der Waals surface area (Å²) < 4.78 is 6.62. The maximum absolute atomic E-state index is 12.3. The summed E-state index contributed by atoms with van der Waals surface area (Å²) in [5.74, 6) is 0.487. The Labute approximate surface area is 166 Å². The van der Waals surface area contributed by atoms with E-state index in [4.69, 9.17) is 16.3 Å². The number of esters is 1. The number of nitrogens with one attached hydrogen (secondary N) is 1. The van der Waals surface area contributed by atoms with E-state index < -0.39 is 5.97 Å². The first-order valence-corrected chi connectivity index (χ1v) is 10.0. The van der Waals surface area contributed by atoms with Crippen LogP contribution in [-0.4, -0.2) is 28.0 Å². The number of fused-ring (bicyclic) bond motifs is 2. The van der Waals surface area contributed by atoms with Crippen LogP contribution >= 0.6 is 34.7 Å². The summed E-state index contributed by atoms with van der Waals surface area (Å²) in [6, 6.07) is 10.3. The Bertz CT molecular complexity index is 1240. The molecule has 1 N–H and O–H groups in total. The molecule has 0 saturated carbocycles. The fourth-order valence-corrected chi connectivity index (χ4v) is 4.66. The molecule has 0 aliphatic heterocycles. The lowest BCUT2D eigenvalue weighted by Gasteiger charge is -2.04. The first-order chi connectivity index (χ1) is 13.0. The molecule has 0 fully saturated rings. The Morgan fingerprint density at radius 2 is 2.07 bits per heavy atom. The molecule has 2 aromatic carbocycles. The highest BCUT2D eigenvalue weighted by molar-refractivity contribution is 8.00. The van der Waals surface area contributed by atoms with E-state index in [0.717, 1.165) is 14.6 Å². The summed E-state index contributed by atoms with van der Waals surface area (Å²) in [6.07, 6.45) is 0. The van der Waals surface area contributed by atoms with Gasteiger partial charge in [-0.1, -0.05) is 23.4 Å². The summed E-state index contributed by atoms with van der Waals surface area (Å²) in [7, 11) is 1.31. The maximum atomic E-state index is 12.3. The number of carbonyl (C=O) groups excluding carboxylic acids is 1. The van der Waals surface area contributed by atoms with Gasteiger partial charge in [0.1, 0.15) is 5.82 Å². The SMILES string of the molecule is COC(=O)c1ccc2c(=O)[nH]c(CSc3nc4cc(Cl)ccc4s3)nc2c1. The summed E-state index contributed by atoms with van der Waals surface area (Å²) in [5.41, 5.74) is 1.40. The highest BCUT2D eigenvalue weighted by atomic mass is 35.5. The van der Waals surface area contributed by atoms with E-state index in [0.29, 0.717) is 33.1 Å². The number of H-pyrrole nitrogens is 1. The summed E-state index contributed by atoms with van der Waals surface area (Å²) in [4.78, 5) is 35.8. The Hall–Kier alpha value is -2.42. The Morgan fingerprint density at radius 1 is 1.22 bits per heavy atom. The summed E-state index contributed by atoms with van der Waals surface area (Å²) >= 11 is 9.03. The molecule has 2 aromatic heterocycles. The molecule has 2 heterocycles. The Morgan fingerprint density at radius 3 is 2.89 bits per heavy atom. The maximum Gasteiger partial charge on any atom is 0.337 e. The molecule has 27 heavy (non-hydrogen) atoms. The largest absolute Gasteiger partial charge is 0.465 e. The number of hydrogen-bond donors (Lipinski definition) is 1. The lowest BCUT2D eigenvalue weighted by atomic mass is 10.1. The second-order valence-electron chi connectivity index (χ2n) is 5.62. The standard InChI is InChI=1S/C18H12ClN3O3S2/c1-25-17(24)9-2-4-11-12(6-9)20-15(22-16(11)23)8-26-18-21-13-7-10(19)3-5-14(13)27-18/h2-7H,8H2,1H3,(H,20,22,23). The molecule has 0 aliphatic rings. The average molecular weight is 418 g/mol. The van der Waals surface area contributed by atoms with Gasteiger partial charge in [-0.05, 0) is 36.4 Å². The van der Waals surface area contributed by atoms with E-state index in [1.165, 1.54) is 18.9 Å². The van der Waals surface area contributed by atoms with E-state index >= 15 is 0 Å². The molecule has 0 aliphatic carbocycles. The molecule has 0 saturated heterocycles. The summed E-state index contributed by atoms with van der Waals surface area (Å²) in [6.45, 7) is 0. The molecule has 0 amide bonds. The monoisotopic (exact) mass is 417 g/mol. The number of hydrogen-bond acceptors (Lipinski definition) is 7.